The van der Waals surface area contributed by atoms with Gasteiger partial charge in [0, 0.05) is 38.3 Å². The highest BCUT2D eigenvalue weighted by atomic mass is 16.5. The molecule has 2 atom stereocenters. The molecule has 0 spiro atoms. The molecule has 1 saturated carbocycles. The van der Waals surface area contributed by atoms with E-state index >= 15 is 0 Å². The molecule has 2 aliphatic heterocycles. The summed E-state index contributed by atoms with van der Waals surface area (Å²) in [6, 6.07) is 12.8. The van der Waals surface area contributed by atoms with E-state index in [1.54, 1.807) is 0 Å². The number of nitrogens with zero attached hydrogens (tertiary/aromatic N) is 4. The van der Waals surface area contributed by atoms with Crippen LogP contribution in [0.4, 0.5) is 11.8 Å². The fourth-order valence-corrected chi connectivity index (χ4v) is 4.75. The zero-order chi connectivity index (χ0) is 21.9. The zero-order valence-electron chi connectivity index (χ0n) is 18.9. The van der Waals surface area contributed by atoms with Gasteiger partial charge in [0.1, 0.15) is 11.5 Å². The summed E-state index contributed by atoms with van der Waals surface area (Å²) in [7, 11) is 0. The molecule has 170 valence electrons. The Hall–Kier alpha value is -2.67. The number of rotatable bonds is 7. The Morgan fingerprint density at radius 2 is 1.94 bits per heavy atom. The molecule has 2 unspecified atom stereocenters. The quantitative estimate of drug-likeness (QED) is 0.721. The molecule has 3 aliphatic rings. The van der Waals surface area contributed by atoms with Crippen molar-refractivity contribution in [1.82, 2.24) is 15.3 Å². The minimum Gasteiger partial charge on any atom is -0.378 e. The summed E-state index contributed by atoms with van der Waals surface area (Å²) >= 11 is 0. The van der Waals surface area contributed by atoms with Gasteiger partial charge in [-0.05, 0) is 43.1 Å². The summed E-state index contributed by atoms with van der Waals surface area (Å²) in [5.74, 6) is 2.60. The van der Waals surface area contributed by atoms with Crippen LogP contribution in [0.15, 0.2) is 36.4 Å². The molecule has 7 heteroatoms. The number of anilines is 2. The van der Waals surface area contributed by atoms with E-state index in [1.807, 2.05) is 6.07 Å². The standard InChI is InChI=1S/C25H33N5O2/c1-18-13-21(14-19-5-3-2-4-6-19)30(17-18)25-27-22(24(31)26-16-20-7-8-20)15-23(28-25)29-9-11-32-12-10-29/h2-6,15,18,20-21H,7-14,16-17H2,1H3,(H,26,31). The largest absolute Gasteiger partial charge is 0.378 e. The van der Waals surface area contributed by atoms with Crippen LogP contribution >= 0.6 is 0 Å². The number of hydrogen-bond acceptors (Lipinski definition) is 6. The van der Waals surface area contributed by atoms with Gasteiger partial charge in [0.25, 0.3) is 5.91 Å². The first-order valence-corrected chi connectivity index (χ1v) is 12.0. The molecule has 1 aliphatic carbocycles. The van der Waals surface area contributed by atoms with Crippen LogP contribution in [0.1, 0.15) is 42.2 Å². The summed E-state index contributed by atoms with van der Waals surface area (Å²) in [4.78, 5) is 27.2. The maximum absolute atomic E-state index is 13.0. The fourth-order valence-electron chi connectivity index (χ4n) is 4.75. The van der Waals surface area contributed by atoms with Crippen molar-refractivity contribution in [2.75, 3.05) is 49.2 Å². The van der Waals surface area contributed by atoms with Gasteiger partial charge in [-0.2, -0.15) is 4.98 Å². The van der Waals surface area contributed by atoms with Crippen LogP contribution in [0.3, 0.4) is 0 Å². The van der Waals surface area contributed by atoms with Crippen molar-refractivity contribution in [2.45, 2.75) is 38.6 Å². The van der Waals surface area contributed by atoms with Crippen LogP contribution in [-0.4, -0.2) is 61.3 Å². The number of hydrogen-bond donors (Lipinski definition) is 1. The van der Waals surface area contributed by atoms with Gasteiger partial charge in [0.15, 0.2) is 0 Å². The van der Waals surface area contributed by atoms with E-state index in [2.05, 4.69) is 52.4 Å². The predicted molar refractivity (Wildman–Crippen MR) is 125 cm³/mol. The lowest BCUT2D eigenvalue weighted by molar-refractivity contribution is 0.0946. The third-order valence-electron chi connectivity index (χ3n) is 6.71. The average molecular weight is 436 g/mol. The third kappa shape index (κ3) is 5.04. The Balaban J connectivity index is 1.43. The Morgan fingerprint density at radius 3 is 2.69 bits per heavy atom. The molecule has 1 aromatic carbocycles. The topological polar surface area (TPSA) is 70.6 Å². The molecule has 0 bridgehead atoms. The second-order valence-corrected chi connectivity index (χ2v) is 9.50. The monoisotopic (exact) mass is 435 g/mol. The van der Waals surface area contributed by atoms with Gasteiger partial charge >= 0.3 is 0 Å². The highest BCUT2D eigenvalue weighted by Gasteiger charge is 2.33. The van der Waals surface area contributed by atoms with Gasteiger partial charge in [0.2, 0.25) is 5.95 Å². The highest BCUT2D eigenvalue weighted by molar-refractivity contribution is 5.93. The van der Waals surface area contributed by atoms with Crippen LogP contribution in [0.2, 0.25) is 0 Å². The van der Waals surface area contributed by atoms with Crippen LogP contribution in [0, 0.1) is 11.8 Å². The van der Waals surface area contributed by atoms with E-state index in [9.17, 15) is 4.79 Å². The van der Waals surface area contributed by atoms with Gasteiger partial charge in [-0.15, -0.1) is 0 Å². The molecule has 2 aromatic rings. The van der Waals surface area contributed by atoms with Crippen LogP contribution in [0.25, 0.3) is 0 Å². The predicted octanol–water partition coefficient (Wildman–Crippen LogP) is 2.91. The van der Waals surface area contributed by atoms with Gasteiger partial charge in [-0.3, -0.25) is 4.79 Å². The number of ether oxygens (including phenoxy) is 1. The van der Waals surface area contributed by atoms with Crippen molar-refractivity contribution in [2.24, 2.45) is 11.8 Å². The van der Waals surface area contributed by atoms with Crippen molar-refractivity contribution in [3.05, 3.63) is 47.7 Å². The van der Waals surface area contributed by atoms with E-state index in [0.717, 1.165) is 44.8 Å². The molecule has 7 nitrogen and oxygen atoms in total. The van der Waals surface area contributed by atoms with Crippen molar-refractivity contribution < 1.29 is 9.53 Å². The molecule has 32 heavy (non-hydrogen) atoms. The van der Waals surface area contributed by atoms with Crippen LogP contribution < -0.4 is 15.1 Å². The number of aromatic nitrogens is 2. The number of amides is 1. The van der Waals surface area contributed by atoms with E-state index in [4.69, 9.17) is 14.7 Å². The summed E-state index contributed by atoms with van der Waals surface area (Å²) in [6.07, 6.45) is 4.48. The normalized spacial score (nSPS) is 23.4. The maximum Gasteiger partial charge on any atom is 0.270 e. The smallest absolute Gasteiger partial charge is 0.270 e. The summed E-state index contributed by atoms with van der Waals surface area (Å²) in [5.41, 5.74) is 1.79. The summed E-state index contributed by atoms with van der Waals surface area (Å²) in [5, 5.41) is 3.08. The van der Waals surface area contributed by atoms with Crippen LogP contribution in [-0.2, 0) is 11.2 Å². The SMILES string of the molecule is CC1CC(Cc2ccccc2)N(c2nc(C(=O)NCC3CC3)cc(N3CCOCC3)n2)C1. The number of nitrogens with one attached hydrogen (secondary N) is 1. The second-order valence-electron chi connectivity index (χ2n) is 9.50. The van der Waals surface area contributed by atoms with Gasteiger partial charge in [-0.1, -0.05) is 37.3 Å². The molecule has 0 radical (unpaired) electrons. The van der Waals surface area contributed by atoms with Crippen molar-refractivity contribution >= 4 is 17.7 Å². The van der Waals surface area contributed by atoms with Gasteiger partial charge < -0.3 is 19.9 Å². The Bertz CT molecular complexity index is 927. The van der Waals surface area contributed by atoms with Crippen LogP contribution in [0.5, 0.6) is 0 Å². The first kappa shape index (κ1) is 21.2. The van der Waals surface area contributed by atoms with E-state index in [-0.39, 0.29) is 5.91 Å². The summed E-state index contributed by atoms with van der Waals surface area (Å²) in [6.45, 7) is 6.86. The molecule has 2 saturated heterocycles. The Kier molecular flexibility index (Phi) is 6.26. The maximum atomic E-state index is 13.0. The van der Waals surface area contributed by atoms with Crippen molar-refractivity contribution in [3.63, 3.8) is 0 Å². The third-order valence-corrected chi connectivity index (χ3v) is 6.71. The molecule has 3 heterocycles. The molecular weight excluding hydrogens is 402 g/mol. The molecule has 1 aromatic heterocycles. The second kappa shape index (κ2) is 9.45. The first-order valence-electron chi connectivity index (χ1n) is 12.0. The number of carbonyl (C=O) groups is 1. The number of benzene rings is 1. The number of carbonyl (C=O) groups excluding carboxylic acids is 1. The highest BCUT2D eigenvalue weighted by Crippen LogP contribution is 2.31. The van der Waals surface area contributed by atoms with Crippen molar-refractivity contribution in [1.29, 1.82) is 0 Å². The van der Waals surface area contributed by atoms with E-state index in [0.29, 0.717) is 42.7 Å². The minimum absolute atomic E-state index is 0.0954. The minimum atomic E-state index is -0.0954. The summed E-state index contributed by atoms with van der Waals surface area (Å²) < 4.78 is 5.52. The van der Waals surface area contributed by atoms with E-state index in [1.165, 1.54) is 18.4 Å². The molecule has 1 amide bonds. The number of morpholine rings is 1. The first-order chi connectivity index (χ1) is 15.7. The Morgan fingerprint density at radius 1 is 1.16 bits per heavy atom. The van der Waals surface area contributed by atoms with Gasteiger partial charge in [0.05, 0.1) is 13.2 Å². The van der Waals surface area contributed by atoms with Crippen molar-refractivity contribution in [3.8, 4) is 0 Å². The molecule has 5 rings (SSSR count). The molecular formula is C25H33N5O2. The fraction of sp³-hybridized carbons (Fsp3) is 0.560. The van der Waals surface area contributed by atoms with E-state index < -0.39 is 0 Å². The lowest BCUT2D eigenvalue weighted by Crippen LogP contribution is -2.38. The lowest BCUT2D eigenvalue weighted by Gasteiger charge is -2.30. The lowest BCUT2D eigenvalue weighted by atomic mass is 10.0. The average Bonchev–Trinajstić information content (AvgIpc) is 3.59. The van der Waals surface area contributed by atoms with Gasteiger partial charge in [-0.25, -0.2) is 4.98 Å². The molecule has 3 fully saturated rings. The molecule has 1 N–H and O–H groups in total. The Labute approximate surface area is 190 Å². The zero-order valence-corrected chi connectivity index (χ0v) is 18.9.